The highest BCUT2D eigenvalue weighted by atomic mass is 32.2. The van der Waals surface area contributed by atoms with Crippen molar-refractivity contribution < 1.29 is 5.11 Å². The number of phenols is 1. The van der Waals surface area contributed by atoms with E-state index >= 15 is 0 Å². The smallest absolute Gasteiger partial charge is 0.126 e. The highest BCUT2D eigenvalue weighted by Crippen LogP contribution is 2.41. The van der Waals surface area contributed by atoms with Crippen molar-refractivity contribution in [1.82, 2.24) is 5.43 Å². The van der Waals surface area contributed by atoms with E-state index in [9.17, 15) is 5.11 Å². The number of fused-ring (bicyclic) bond motifs is 1. The fraction of sp³-hybridized carbons (Fsp3) is 0.105. The molecule has 0 spiro atoms. The van der Waals surface area contributed by atoms with Gasteiger partial charge in [-0.05, 0) is 23.8 Å². The van der Waals surface area contributed by atoms with E-state index in [1.807, 2.05) is 24.3 Å². The topological polar surface area (TPSA) is 44.6 Å². The maximum atomic E-state index is 10.4. The Bertz CT molecular complexity index is 903. The average Bonchev–Trinajstić information content (AvgIpc) is 3.05. The molecule has 0 saturated carbocycles. The third-order valence-electron chi connectivity index (χ3n) is 4.02. The van der Waals surface area contributed by atoms with Gasteiger partial charge in [0.1, 0.15) is 16.2 Å². The number of aromatic hydroxyl groups is 1. The summed E-state index contributed by atoms with van der Waals surface area (Å²) in [4.78, 5) is 0. The number of hydrazone groups is 1. The van der Waals surface area contributed by atoms with Crippen molar-refractivity contribution in [2.24, 2.45) is 5.10 Å². The lowest BCUT2D eigenvalue weighted by Gasteiger charge is -2.14. The molecule has 0 aromatic heterocycles. The van der Waals surface area contributed by atoms with Crippen LogP contribution in [0, 0.1) is 6.92 Å². The summed E-state index contributed by atoms with van der Waals surface area (Å²) in [6, 6.07) is 20.1. The monoisotopic (exact) mass is 320 g/mol. The van der Waals surface area contributed by atoms with Crippen LogP contribution in [-0.2, 0) is 0 Å². The Labute approximate surface area is 139 Å². The minimum Gasteiger partial charge on any atom is -0.508 e. The first-order valence-electron chi connectivity index (χ1n) is 7.50. The molecule has 0 fully saturated rings. The molecular formula is C19H16N2OS. The van der Waals surface area contributed by atoms with Crippen LogP contribution in [0.3, 0.4) is 0 Å². The van der Waals surface area contributed by atoms with Crippen LogP contribution in [0.4, 0.5) is 0 Å². The van der Waals surface area contributed by atoms with E-state index in [-0.39, 0.29) is 5.37 Å². The zero-order valence-electron chi connectivity index (χ0n) is 12.7. The second-order valence-electron chi connectivity index (χ2n) is 5.63. The molecule has 0 saturated heterocycles. The number of aryl methyl sites for hydroxylation is 1. The van der Waals surface area contributed by atoms with E-state index in [4.69, 9.17) is 0 Å². The minimum atomic E-state index is -0.0857. The quantitative estimate of drug-likeness (QED) is 0.728. The van der Waals surface area contributed by atoms with Crippen LogP contribution < -0.4 is 5.43 Å². The summed E-state index contributed by atoms with van der Waals surface area (Å²) in [7, 11) is 0. The van der Waals surface area contributed by atoms with E-state index in [1.165, 1.54) is 5.56 Å². The molecule has 3 aromatic carbocycles. The van der Waals surface area contributed by atoms with Gasteiger partial charge in [-0.3, -0.25) is 5.43 Å². The van der Waals surface area contributed by atoms with Crippen molar-refractivity contribution in [3.8, 4) is 5.75 Å². The minimum absolute atomic E-state index is 0.0857. The largest absolute Gasteiger partial charge is 0.508 e. The number of rotatable bonds is 2. The number of nitrogens with zero attached hydrogens (tertiary/aromatic N) is 1. The van der Waals surface area contributed by atoms with Crippen LogP contribution in [0.25, 0.3) is 10.8 Å². The Balaban J connectivity index is 1.69. The molecule has 0 amide bonds. The number of phenolic OH excluding ortho intramolecular Hbond substituents is 1. The maximum absolute atomic E-state index is 10.4. The van der Waals surface area contributed by atoms with E-state index < -0.39 is 0 Å². The summed E-state index contributed by atoms with van der Waals surface area (Å²) >= 11 is 1.63. The highest BCUT2D eigenvalue weighted by Gasteiger charge is 2.26. The summed E-state index contributed by atoms with van der Waals surface area (Å²) in [5, 5.41) is 17.8. The van der Waals surface area contributed by atoms with Gasteiger partial charge >= 0.3 is 0 Å². The molecule has 0 bridgehead atoms. The molecule has 1 aliphatic rings. The van der Waals surface area contributed by atoms with E-state index in [0.717, 1.165) is 26.9 Å². The van der Waals surface area contributed by atoms with Crippen molar-refractivity contribution in [2.45, 2.75) is 12.3 Å². The standard InChI is InChI=1S/C19H16N2OS/c1-12-6-8-14(9-7-12)18-20-21-19(23-18)17-15-5-3-2-4-13(15)10-11-16(17)22/h2-11,19,21-22H,1H3/t19-/m0/s1. The first-order valence-corrected chi connectivity index (χ1v) is 8.38. The molecule has 0 radical (unpaired) electrons. The van der Waals surface area contributed by atoms with Crippen molar-refractivity contribution in [3.05, 3.63) is 77.4 Å². The van der Waals surface area contributed by atoms with Crippen LogP contribution in [0.15, 0.2) is 65.8 Å². The summed E-state index contributed by atoms with van der Waals surface area (Å²) < 4.78 is 0. The lowest BCUT2D eigenvalue weighted by molar-refractivity contribution is 0.466. The van der Waals surface area contributed by atoms with Gasteiger partial charge in [0.15, 0.2) is 0 Å². The van der Waals surface area contributed by atoms with Gasteiger partial charge < -0.3 is 5.11 Å². The summed E-state index contributed by atoms with van der Waals surface area (Å²) in [5.41, 5.74) is 6.37. The summed E-state index contributed by atoms with van der Waals surface area (Å²) in [6.07, 6.45) is 0. The number of hydrogen-bond donors (Lipinski definition) is 2. The van der Waals surface area contributed by atoms with Gasteiger partial charge in [-0.1, -0.05) is 71.9 Å². The van der Waals surface area contributed by atoms with Gasteiger partial charge in [-0.25, -0.2) is 0 Å². The average molecular weight is 320 g/mol. The number of hydrogen-bond acceptors (Lipinski definition) is 4. The number of thioether (sulfide) groups is 1. The first-order chi connectivity index (χ1) is 11.2. The molecule has 1 heterocycles. The zero-order valence-corrected chi connectivity index (χ0v) is 13.5. The van der Waals surface area contributed by atoms with E-state index in [2.05, 4.69) is 47.8 Å². The third-order valence-corrected chi connectivity index (χ3v) is 5.15. The molecule has 2 N–H and O–H groups in total. The highest BCUT2D eigenvalue weighted by molar-refractivity contribution is 8.14. The molecule has 3 aromatic rings. The summed E-state index contributed by atoms with van der Waals surface area (Å²) in [5.74, 6) is 0.300. The normalized spacial score (nSPS) is 17.1. The molecule has 0 aliphatic carbocycles. The fourth-order valence-electron chi connectivity index (χ4n) is 2.79. The van der Waals surface area contributed by atoms with Gasteiger partial charge in [0, 0.05) is 11.1 Å². The van der Waals surface area contributed by atoms with Crippen molar-refractivity contribution >= 4 is 27.6 Å². The Hall–Kier alpha value is -2.46. The zero-order chi connectivity index (χ0) is 15.8. The lowest BCUT2D eigenvalue weighted by atomic mass is 10.0. The Kier molecular flexibility index (Phi) is 3.46. The third kappa shape index (κ3) is 2.55. The first kappa shape index (κ1) is 14.2. The fourth-order valence-corrected chi connectivity index (χ4v) is 3.87. The van der Waals surface area contributed by atoms with Crippen LogP contribution in [0.2, 0.25) is 0 Å². The van der Waals surface area contributed by atoms with Gasteiger partial charge in [0.2, 0.25) is 0 Å². The van der Waals surface area contributed by atoms with Crippen LogP contribution in [0.1, 0.15) is 22.1 Å². The van der Waals surface area contributed by atoms with Crippen molar-refractivity contribution in [1.29, 1.82) is 0 Å². The van der Waals surface area contributed by atoms with Gasteiger partial charge in [-0.2, -0.15) is 5.10 Å². The molecule has 23 heavy (non-hydrogen) atoms. The van der Waals surface area contributed by atoms with Crippen molar-refractivity contribution in [2.75, 3.05) is 0 Å². The predicted octanol–water partition coefficient (Wildman–Crippen LogP) is 4.55. The SMILES string of the molecule is Cc1ccc(C2=NN[C@H](c3c(O)ccc4ccccc34)S2)cc1. The molecule has 4 heteroatoms. The van der Waals surface area contributed by atoms with E-state index in [1.54, 1.807) is 17.8 Å². The summed E-state index contributed by atoms with van der Waals surface area (Å²) in [6.45, 7) is 2.07. The van der Waals surface area contributed by atoms with Crippen LogP contribution in [0.5, 0.6) is 5.75 Å². The molecule has 1 aliphatic heterocycles. The second kappa shape index (κ2) is 5.63. The van der Waals surface area contributed by atoms with Gasteiger partial charge in [0.25, 0.3) is 0 Å². The molecule has 0 unspecified atom stereocenters. The molecule has 4 rings (SSSR count). The van der Waals surface area contributed by atoms with Gasteiger partial charge in [0.05, 0.1) is 0 Å². The van der Waals surface area contributed by atoms with Crippen LogP contribution in [-0.4, -0.2) is 10.2 Å². The van der Waals surface area contributed by atoms with Crippen LogP contribution >= 0.6 is 11.8 Å². The molecule has 1 atom stereocenters. The Morgan fingerprint density at radius 1 is 1.00 bits per heavy atom. The van der Waals surface area contributed by atoms with Gasteiger partial charge in [-0.15, -0.1) is 0 Å². The molecule has 114 valence electrons. The van der Waals surface area contributed by atoms with E-state index in [0.29, 0.717) is 5.75 Å². The number of benzene rings is 3. The number of nitrogens with one attached hydrogen (secondary N) is 1. The lowest BCUT2D eigenvalue weighted by Crippen LogP contribution is -2.07. The Morgan fingerprint density at radius 2 is 1.78 bits per heavy atom. The maximum Gasteiger partial charge on any atom is 0.126 e. The second-order valence-corrected chi connectivity index (χ2v) is 6.72. The molecule has 3 nitrogen and oxygen atoms in total. The predicted molar refractivity (Wildman–Crippen MR) is 96.8 cm³/mol. The molecular weight excluding hydrogens is 304 g/mol. The Morgan fingerprint density at radius 3 is 2.61 bits per heavy atom. The van der Waals surface area contributed by atoms with Crippen molar-refractivity contribution in [3.63, 3.8) is 0 Å².